The highest BCUT2D eigenvalue weighted by Crippen LogP contribution is 2.45. The molecular formula is C39H51FN6O4. The molecule has 0 amide bonds. The van der Waals surface area contributed by atoms with E-state index in [1.54, 1.807) is 12.3 Å². The first-order chi connectivity index (χ1) is 24.1. The van der Waals surface area contributed by atoms with E-state index >= 15 is 0 Å². The number of hydrogen-bond donors (Lipinski definition) is 5. The second-order valence-corrected chi connectivity index (χ2v) is 12.1. The quantitative estimate of drug-likeness (QED) is 0.101. The summed E-state index contributed by atoms with van der Waals surface area (Å²) in [5.41, 5.74) is 16.4. The van der Waals surface area contributed by atoms with E-state index in [2.05, 4.69) is 32.8 Å². The fraction of sp³-hybridized carbons (Fsp3) is 0.385. The Hall–Kier alpha value is -4.89. The highest BCUT2D eigenvalue weighted by Gasteiger charge is 2.43. The molecule has 1 atom stereocenters. The zero-order chi connectivity index (χ0) is 36.9. The first-order valence-electron chi connectivity index (χ1n) is 16.7. The van der Waals surface area contributed by atoms with Crippen LogP contribution < -0.4 is 27.4 Å². The van der Waals surface area contributed by atoms with Crippen molar-refractivity contribution in [3.63, 3.8) is 0 Å². The van der Waals surface area contributed by atoms with E-state index in [4.69, 9.17) is 25.8 Å². The summed E-state index contributed by atoms with van der Waals surface area (Å²) < 4.78 is 19.5. The maximum absolute atomic E-state index is 13.9. The number of aldehydes is 3. The molecule has 3 aliphatic rings. The number of allylic oxidation sites excluding steroid dienone is 3. The molecule has 268 valence electrons. The van der Waals surface area contributed by atoms with E-state index in [-0.39, 0.29) is 36.1 Å². The molecule has 0 aromatic heterocycles. The van der Waals surface area contributed by atoms with E-state index in [1.807, 2.05) is 77.4 Å². The Morgan fingerprint density at radius 1 is 1.12 bits per heavy atom. The minimum atomic E-state index is -0.224. The molecular weight excluding hydrogens is 635 g/mol. The minimum absolute atomic E-state index is 0.0514. The van der Waals surface area contributed by atoms with Crippen LogP contribution in [-0.4, -0.2) is 63.9 Å². The topological polar surface area (TPSA) is 161 Å². The Balaban J connectivity index is 0.000000257. The van der Waals surface area contributed by atoms with Crippen molar-refractivity contribution in [3.8, 4) is 11.8 Å². The van der Waals surface area contributed by atoms with Gasteiger partial charge in [-0.25, -0.2) is 4.39 Å². The normalized spacial score (nSPS) is 16.1. The fourth-order valence-corrected chi connectivity index (χ4v) is 4.61. The number of nitrogens with one attached hydrogen (secondary N) is 3. The zero-order valence-electron chi connectivity index (χ0n) is 29.7. The van der Waals surface area contributed by atoms with Gasteiger partial charge in [0.1, 0.15) is 17.8 Å². The van der Waals surface area contributed by atoms with E-state index in [9.17, 15) is 9.18 Å². The van der Waals surface area contributed by atoms with Crippen LogP contribution in [0.25, 0.3) is 5.57 Å². The van der Waals surface area contributed by atoms with Crippen LogP contribution in [0.2, 0.25) is 0 Å². The Morgan fingerprint density at radius 2 is 1.82 bits per heavy atom. The molecule has 1 unspecified atom stereocenters. The summed E-state index contributed by atoms with van der Waals surface area (Å²) in [5, 5.41) is 9.46. The fourth-order valence-electron chi connectivity index (χ4n) is 4.61. The average Bonchev–Trinajstić information content (AvgIpc) is 4.05. The number of halogens is 1. The van der Waals surface area contributed by atoms with Gasteiger partial charge in [-0.15, -0.1) is 0 Å². The first kappa shape index (κ1) is 41.3. The Labute approximate surface area is 295 Å². The summed E-state index contributed by atoms with van der Waals surface area (Å²) in [5.74, 6) is 6.48. The van der Waals surface area contributed by atoms with Crippen molar-refractivity contribution >= 4 is 30.6 Å². The molecule has 2 aliphatic carbocycles. The van der Waals surface area contributed by atoms with Gasteiger partial charge in [-0.1, -0.05) is 36.3 Å². The van der Waals surface area contributed by atoms with Crippen LogP contribution in [0.5, 0.6) is 0 Å². The number of carbonyl (C=O) groups is 3. The lowest BCUT2D eigenvalue weighted by molar-refractivity contribution is -0.122. The van der Waals surface area contributed by atoms with Crippen LogP contribution in [0, 0.1) is 17.7 Å². The molecule has 2 fully saturated rings. The molecule has 7 N–H and O–H groups in total. The van der Waals surface area contributed by atoms with Gasteiger partial charge in [0.05, 0.1) is 18.2 Å². The van der Waals surface area contributed by atoms with Gasteiger partial charge < -0.3 is 32.2 Å². The molecule has 0 bridgehead atoms. The van der Waals surface area contributed by atoms with E-state index in [0.717, 1.165) is 84.3 Å². The Bertz CT molecular complexity index is 1590. The van der Waals surface area contributed by atoms with Crippen LogP contribution in [0.4, 0.5) is 4.39 Å². The average molecular weight is 687 g/mol. The number of ether oxygens (including phenoxy) is 1. The number of benzene rings is 2. The van der Waals surface area contributed by atoms with Crippen LogP contribution in [-0.2, 0) is 26.4 Å². The number of hydrogen-bond acceptors (Lipinski definition) is 10. The molecule has 2 aromatic carbocycles. The molecule has 1 heterocycles. The molecule has 0 saturated heterocycles. The highest BCUT2D eigenvalue weighted by molar-refractivity contribution is 6.10. The van der Waals surface area contributed by atoms with E-state index in [0.29, 0.717) is 6.04 Å². The van der Waals surface area contributed by atoms with Gasteiger partial charge >= 0.3 is 0 Å². The monoisotopic (exact) mass is 686 g/mol. The summed E-state index contributed by atoms with van der Waals surface area (Å²) in [6.45, 7) is 7.37. The molecule has 1 aliphatic heterocycles. The van der Waals surface area contributed by atoms with Crippen molar-refractivity contribution < 1.29 is 23.5 Å². The predicted octanol–water partition coefficient (Wildman–Crippen LogP) is 4.30. The zero-order valence-corrected chi connectivity index (χ0v) is 29.7. The summed E-state index contributed by atoms with van der Waals surface area (Å²) in [7, 11) is 3.79. The van der Waals surface area contributed by atoms with Crippen LogP contribution in [0.15, 0.2) is 77.3 Å². The van der Waals surface area contributed by atoms with Gasteiger partial charge in [-0.2, -0.15) is 0 Å². The molecule has 2 saturated carbocycles. The maximum atomic E-state index is 13.9. The second-order valence-electron chi connectivity index (χ2n) is 12.1. The van der Waals surface area contributed by atoms with Gasteiger partial charge in [-0.05, 0) is 107 Å². The van der Waals surface area contributed by atoms with Gasteiger partial charge in [0.25, 0.3) is 0 Å². The Morgan fingerprint density at radius 3 is 2.36 bits per heavy atom. The van der Waals surface area contributed by atoms with Crippen LogP contribution in [0.1, 0.15) is 73.5 Å². The third-order valence-corrected chi connectivity index (χ3v) is 7.47. The highest BCUT2D eigenvalue weighted by atomic mass is 19.1. The molecule has 0 radical (unpaired) electrons. The molecule has 10 nitrogen and oxygen atoms in total. The number of dihydropyridines is 1. The van der Waals surface area contributed by atoms with E-state index < -0.39 is 0 Å². The smallest absolute Gasteiger partial charge is 0.182 e. The molecule has 0 spiro atoms. The third-order valence-electron chi connectivity index (χ3n) is 7.47. The summed E-state index contributed by atoms with van der Waals surface area (Å²) >= 11 is 0. The summed E-state index contributed by atoms with van der Waals surface area (Å²) in [4.78, 5) is 32.5. The number of nitrogens with two attached hydrogens (primary N) is 2. The van der Waals surface area contributed by atoms with Crippen molar-refractivity contribution in [1.29, 1.82) is 0 Å². The Kier molecular flexibility index (Phi) is 18.1. The van der Waals surface area contributed by atoms with Gasteiger partial charge in [0.15, 0.2) is 18.3 Å². The van der Waals surface area contributed by atoms with Crippen LogP contribution >= 0.6 is 0 Å². The second kappa shape index (κ2) is 22.0. The summed E-state index contributed by atoms with van der Waals surface area (Å²) in [6, 6.07) is 13.0. The van der Waals surface area contributed by atoms with Crippen molar-refractivity contribution in [2.45, 2.75) is 76.7 Å². The lowest BCUT2D eigenvalue weighted by Crippen LogP contribution is -2.24. The molecule has 50 heavy (non-hydrogen) atoms. The standard InChI is InChI=1S/C16H20FN3.C12H18N2O.C9H11NO.C2H2O2/c1-19-16(4-5-16)13-6-11(7-14(17)8-13)12(9-18)10-20-15-2-3-15;1-9(2)15-12-5-4-8-14-11(12)7-6-10(3)13;1-10-6-8-4-2-3-5-9(8)7-11;3-1-2-4/h6-10,15,19H,2-5,18H2,1H3;4-5,9-10,14H,8,13H2,1-3H3;2-5,7,10H,6H2,1H3;1-2H/b12-9+,20-10?;;;. The first-order valence-corrected chi connectivity index (χ1v) is 16.7. The molecule has 11 heteroatoms. The van der Waals surface area contributed by atoms with Crippen molar-refractivity contribution in [3.05, 3.63) is 100 Å². The van der Waals surface area contributed by atoms with Gasteiger partial charge in [0.2, 0.25) is 0 Å². The maximum Gasteiger partial charge on any atom is 0.182 e. The van der Waals surface area contributed by atoms with Crippen molar-refractivity contribution in [2.24, 2.45) is 16.5 Å². The molecule has 5 rings (SSSR count). The SMILES string of the molecule is CC(N)C#CC1=C(OC(C)C)C=CCN1.CNC1(c2cc(F)cc(/C(C=NC3CC3)=C/N)c2)CC1.CNCc1ccccc1C=O.O=CC=O. The number of aliphatic imine (C=N–C) groups is 1. The lowest BCUT2D eigenvalue weighted by Gasteiger charge is -2.17. The minimum Gasteiger partial charge on any atom is -0.488 e. The van der Waals surface area contributed by atoms with Crippen molar-refractivity contribution in [1.82, 2.24) is 16.0 Å². The van der Waals surface area contributed by atoms with E-state index in [1.165, 1.54) is 12.3 Å². The van der Waals surface area contributed by atoms with Gasteiger partial charge in [-0.3, -0.25) is 19.4 Å². The number of nitrogens with zero attached hydrogens (tertiary/aromatic N) is 1. The lowest BCUT2D eigenvalue weighted by atomic mass is 9.98. The number of carbonyl (C=O) groups excluding carboxylic acids is 3. The third kappa shape index (κ3) is 14.7. The van der Waals surface area contributed by atoms with Crippen LogP contribution in [0.3, 0.4) is 0 Å². The van der Waals surface area contributed by atoms with Crippen molar-refractivity contribution in [2.75, 3.05) is 20.6 Å². The molecule has 2 aromatic rings. The summed E-state index contributed by atoms with van der Waals surface area (Å²) in [6.07, 6.45) is 13.0. The predicted molar refractivity (Wildman–Crippen MR) is 199 cm³/mol. The number of rotatable bonds is 11. The largest absolute Gasteiger partial charge is 0.488 e. The van der Waals surface area contributed by atoms with Gasteiger partial charge in [0, 0.05) is 42.2 Å².